The number of amides is 2. The molecular weight excluding hydrogens is 208 g/mol. The Morgan fingerprint density at radius 2 is 2.07 bits per heavy atom. The SMILES string of the molecule is CSC1CCCC1N(C)C(=O)NC1CC1. The van der Waals surface area contributed by atoms with Crippen molar-refractivity contribution < 1.29 is 4.79 Å². The summed E-state index contributed by atoms with van der Waals surface area (Å²) in [4.78, 5) is 13.8. The van der Waals surface area contributed by atoms with E-state index in [0.29, 0.717) is 17.3 Å². The first-order valence-corrected chi connectivity index (χ1v) is 7.07. The Morgan fingerprint density at radius 1 is 1.33 bits per heavy atom. The molecule has 3 nitrogen and oxygen atoms in total. The maximum Gasteiger partial charge on any atom is 0.317 e. The Labute approximate surface area is 96.0 Å². The zero-order valence-corrected chi connectivity index (χ0v) is 10.3. The van der Waals surface area contributed by atoms with Gasteiger partial charge in [0.15, 0.2) is 0 Å². The second kappa shape index (κ2) is 4.64. The minimum Gasteiger partial charge on any atom is -0.335 e. The van der Waals surface area contributed by atoms with Crippen LogP contribution in [-0.2, 0) is 0 Å². The Bertz CT molecular complexity index is 243. The first-order valence-electron chi connectivity index (χ1n) is 5.78. The van der Waals surface area contributed by atoms with E-state index in [-0.39, 0.29) is 6.03 Å². The molecule has 0 heterocycles. The van der Waals surface area contributed by atoms with Gasteiger partial charge < -0.3 is 10.2 Å². The summed E-state index contributed by atoms with van der Waals surface area (Å²) in [5.41, 5.74) is 0. The third-order valence-corrected chi connectivity index (χ3v) is 4.60. The second-order valence-corrected chi connectivity index (χ2v) is 5.68. The van der Waals surface area contributed by atoms with Gasteiger partial charge in [-0.3, -0.25) is 0 Å². The Kier molecular flexibility index (Phi) is 3.44. The van der Waals surface area contributed by atoms with Crippen molar-refractivity contribution in [2.24, 2.45) is 0 Å². The molecule has 0 spiro atoms. The minimum absolute atomic E-state index is 0.128. The molecule has 0 aromatic heterocycles. The van der Waals surface area contributed by atoms with Crippen LogP contribution in [0.1, 0.15) is 32.1 Å². The molecule has 0 bridgehead atoms. The lowest BCUT2D eigenvalue weighted by Crippen LogP contribution is -2.46. The van der Waals surface area contributed by atoms with Crippen molar-refractivity contribution in [3.8, 4) is 0 Å². The molecule has 2 unspecified atom stereocenters. The average Bonchev–Trinajstić information content (AvgIpc) is 2.92. The highest BCUT2D eigenvalue weighted by atomic mass is 32.2. The van der Waals surface area contributed by atoms with E-state index in [1.165, 1.54) is 19.3 Å². The molecule has 0 aromatic rings. The lowest BCUT2D eigenvalue weighted by molar-refractivity contribution is 0.191. The molecule has 2 rings (SSSR count). The van der Waals surface area contributed by atoms with Gasteiger partial charge in [0.25, 0.3) is 0 Å². The van der Waals surface area contributed by atoms with E-state index in [9.17, 15) is 4.79 Å². The number of nitrogens with zero attached hydrogens (tertiary/aromatic N) is 1. The van der Waals surface area contributed by atoms with Gasteiger partial charge in [-0.15, -0.1) is 0 Å². The molecule has 2 fully saturated rings. The molecule has 0 radical (unpaired) electrons. The normalized spacial score (nSPS) is 30.3. The highest BCUT2D eigenvalue weighted by molar-refractivity contribution is 7.99. The fourth-order valence-electron chi connectivity index (χ4n) is 2.28. The zero-order valence-electron chi connectivity index (χ0n) is 9.53. The number of rotatable bonds is 3. The molecule has 4 heteroatoms. The van der Waals surface area contributed by atoms with Crippen LogP contribution in [0.4, 0.5) is 4.79 Å². The van der Waals surface area contributed by atoms with E-state index in [1.54, 1.807) is 0 Å². The van der Waals surface area contributed by atoms with Gasteiger partial charge in [0.05, 0.1) is 0 Å². The van der Waals surface area contributed by atoms with Crippen LogP contribution in [0.2, 0.25) is 0 Å². The molecule has 86 valence electrons. The van der Waals surface area contributed by atoms with Crippen molar-refractivity contribution >= 4 is 17.8 Å². The molecule has 0 aromatic carbocycles. The Balaban J connectivity index is 1.87. The van der Waals surface area contributed by atoms with Crippen LogP contribution in [0, 0.1) is 0 Å². The maximum absolute atomic E-state index is 11.8. The standard InChI is InChI=1S/C11H20N2OS/c1-13(11(14)12-8-6-7-8)9-4-3-5-10(9)15-2/h8-10H,3-7H2,1-2H3,(H,12,14). The maximum atomic E-state index is 11.8. The third kappa shape index (κ3) is 2.60. The summed E-state index contributed by atoms with van der Waals surface area (Å²) in [6, 6.07) is 1.04. The average molecular weight is 228 g/mol. The molecule has 2 atom stereocenters. The van der Waals surface area contributed by atoms with Crippen molar-refractivity contribution in [2.75, 3.05) is 13.3 Å². The van der Waals surface area contributed by atoms with E-state index >= 15 is 0 Å². The summed E-state index contributed by atoms with van der Waals surface area (Å²) in [6.07, 6.45) is 8.16. The summed E-state index contributed by atoms with van der Waals surface area (Å²) in [5, 5.41) is 3.69. The quantitative estimate of drug-likeness (QED) is 0.802. The minimum atomic E-state index is 0.128. The largest absolute Gasteiger partial charge is 0.335 e. The smallest absolute Gasteiger partial charge is 0.317 e. The van der Waals surface area contributed by atoms with Crippen molar-refractivity contribution in [2.45, 2.75) is 49.4 Å². The van der Waals surface area contributed by atoms with Gasteiger partial charge in [0.1, 0.15) is 0 Å². The molecule has 2 aliphatic rings. The van der Waals surface area contributed by atoms with E-state index in [4.69, 9.17) is 0 Å². The van der Waals surface area contributed by atoms with Crippen LogP contribution in [0.15, 0.2) is 0 Å². The number of hydrogen-bond acceptors (Lipinski definition) is 2. The Morgan fingerprint density at radius 3 is 2.67 bits per heavy atom. The van der Waals surface area contributed by atoms with Gasteiger partial charge in [-0.25, -0.2) is 4.79 Å². The Hall–Kier alpha value is -0.380. The van der Waals surface area contributed by atoms with Crippen molar-refractivity contribution in [1.29, 1.82) is 0 Å². The fraction of sp³-hybridized carbons (Fsp3) is 0.909. The molecule has 2 amide bonds. The molecular formula is C11H20N2OS. The van der Waals surface area contributed by atoms with Gasteiger partial charge >= 0.3 is 6.03 Å². The molecule has 2 saturated carbocycles. The van der Waals surface area contributed by atoms with Crippen LogP contribution in [0.5, 0.6) is 0 Å². The predicted molar refractivity (Wildman–Crippen MR) is 64.3 cm³/mol. The van der Waals surface area contributed by atoms with E-state index < -0.39 is 0 Å². The molecule has 1 N–H and O–H groups in total. The number of carbonyl (C=O) groups excluding carboxylic acids is 1. The highest BCUT2D eigenvalue weighted by Crippen LogP contribution is 2.31. The van der Waals surface area contributed by atoms with Gasteiger partial charge in [0.2, 0.25) is 0 Å². The van der Waals surface area contributed by atoms with Crippen LogP contribution in [0.3, 0.4) is 0 Å². The monoisotopic (exact) mass is 228 g/mol. The summed E-state index contributed by atoms with van der Waals surface area (Å²) in [5.74, 6) is 0. The summed E-state index contributed by atoms with van der Waals surface area (Å²) in [7, 11) is 1.94. The van der Waals surface area contributed by atoms with Crippen molar-refractivity contribution in [3.05, 3.63) is 0 Å². The van der Waals surface area contributed by atoms with Crippen LogP contribution >= 0.6 is 11.8 Å². The summed E-state index contributed by atoms with van der Waals surface area (Å²) >= 11 is 1.90. The second-order valence-electron chi connectivity index (χ2n) is 4.61. The van der Waals surface area contributed by atoms with E-state index in [1.807, 2.05) is 23.7 Å². The topological polar surface area (TPSA) is 32.3 Å². The van der Waals surface area contributed by atoms with Crippen LogP contribution in [-0.4, -0.2) is 41.6 Å². The summed E-state index contributed by atoms with van der Waals surface area (Å²) < 4.78 is 0. The van der Waals surface area contributed by atoms with Gasteiger partial charge in [-0.1, -0.05) is 6.42 Å². The lowest BCUT2D eigenvalue weighted by atomic mass is 10.2. The number of urea groups is 1. The fourth-order valence-corrected chi connectivity index (χ4v) is 3.31. The number of carbonyl (C=O) groups is 1. The molecule has 0 aliphatic heterocycles. The first kappa shape index (κ1) is 11.1. The first-order chi connectivity index (χ1) is 7.22. The van der Waals surface area contributed by atoms with Gasteiger partial charge in [-0.2, -0.15) is 11.8 Å². The zero-order chi connectivity index (χ0) is 10.8. The third-order valence-electron chi connectivity index (χ3n) is 3.44. The molecule has 0 saturated heterocycles. The van der Waals surface area contributed by atoms with Crippen LogP contribution in [0.25, 0.3) is 0 Å². The van der Waals surface area contributed by atoms with Crippen LogP contribution < -0.4 is 5.32 Å². The highest BCUT2D eigenvalue weighted by Gasteiger charge is 2.33. The molecule has 15 heavy (non-hydrogen) atoms. The molecule has 2 aliphatic carbocycles. The number of thioether (sulfide) groups is 1. The lowest BCUT2D eigenvalue weighted by Gasteiger charge is -2.29. The van der Waals surface area contributed by atoms with Gasteiger partial charge in [-0.05, 0) is 31.9 Å². The van der Waals surface area contributed by atoms with E-state index in [0.717, 1.165) is 12.8 Å². The van der Waals surface area contributed by atoms with E-state index in [2.05, 4.69) is 11.6 Å². The van der Waals surface area contributed by atoms with Crippen molar-refractivity contribution in [1.82, 2.24) is 10.2 Å². The van der Waals surface area contributed by atoms with Crippen molar-refractivity contribution in [3.63, 3.8) is 0 Å². The summed E-state index contributed by atoms with van der Waals surface area (Å²) in [6.45, 7) is 0. The number of hydrogen-bond donors (Lipinski definition) is 1. The predicted octanol–water partition coefficient (Wildman–Crippen LogP) is 2.07. The number of nitrogens with one attached hydrogen (secondary N) is 1. The van der Waals surface area contributed by atoms with Gasteiger partial charge in [0, 0.05) is 24.4 Å².